The van der Waals surface area contributed by atoms with Crippen LogP contribution in [0, 0.1) is 0 Å². The lowest BCUT2D eigenvalue weighted by Gasteiger charge is -2.32. The number of amides is 2. The van der Waals surface area contributed by atoms with Crippen molar-refractivity contribution in [2.45, 2.75) is 18.8 Å². The molecular formula is C14H19N7O. The molecule has 0 bridgehead atoms. The van der Waals surface area contributed by atoms with E-state index in [9.17, 15) is 4.79 Å². The molecule has 1 saturated heterocycles. The first-order valence-electron chi connectivity index (χ1n) is 7.25. The molecule has 116 valence electrons. The lowest BCUT2D eigenvalue weighted by atomic mass is 9.95. The lowest BCUT2D eigenvalue weighted by molar-refractivity contribution is 0.192. The Kier molecular flexibility index (Phi) is 3.90. The van der Waals surface area contributed by atoms with Gasteiger partial charge in [0.2, 0.25) is 5.95 Å². The highest BCUT2D eigenvalue weighted by atomic mass is 16.2. The van der Waals surface area contributed by atoms with Gasteiger partial charge in [0.15, 0.2) is 0 Å². The number of carbonyl (C=O) groups excluding carboxylic acids is 1. The zero-order valence-corrected chi connectivity index (χ0v) is 12.4. The van der Waals surface area contributed by atoms with Crippen LogP contribution in [0.3, 0.4) is 0 Å². The van der Waals surface area contributed by atoms with Gasteiger partial charge in [0.1, 0.15) is 0 Å². The van der Waals surface area contributed by atoms with Gasteiger partial charge in [-0.2, -0.15) is 5.10 Å². The van der Waals surface area contributed by atoms with E-state index in [1.54, 1.807) is 28.2 Å². The number of aryl methyl sites for hydroxylation is 1. The van der Waals surface area contributed by atoms with E-state index < -0.39 is 0 Å². The van der Waals surface area contributed by atoms with E-state index in [1.807, 2.05) is 13.1 Å². The van der Waals surface area contributed by atoms with Crippen LogP contribution in [0.25, 0.3) is 0 Å². The van der Waals surface area contributed by atoms with Crippen molar-refractivity contribution < 1.29 is 4.79 Å². The van der Waals surface area contributed by atoms with E-state index in [2.05, 4.69) is 20.4 Å². The molecule has 8 nitrogen and oxygen atoms in total. The molecule has 8 heteroatoms. The Morgan fingerprint density at radius 3 is 3.09 bits per heavy atom. The van der Waals surface area contributed by atoms with Gasteiger partial charge in [0.05, 0.1) is 17.6 Å². The maximum atomic E-state index is 12.3. The Balaban J connectivity index is 1.66. The number of anilines is 2. The molecule has 0 spiro atoms. The molecule has 0 aromatic carbocycles. The minimum Gasteiger partial charge on any atom is -0.368 e. The van der Waals surface area contributed by atoms with E-state index in [0.717, 1.165) is 25.1 Å². The Bertz CT molecular complexity index is 669. The number of aromatic nitrogens is 4. The molecule has 0 radical (unpaired) electrons. The molecule has 1 aliphatic heterocycles. The molecule has 3 heterocycles. The van der Waals surface area contributed by atoms with Crippen LogP contribution in [0.2, 0.25) is 0 Å². The summed E-state index contributed by atoms with van der Waals surface area (Å²) in [6, 6.07) is 1.75. The SMILES string of the molecule is Cn1cc(NC(=O)N2CCC[C@@H](c3ccnc(N)n3)C2)cn1. The number of nitrogens with zero attached hydrogens (tertiary/aromatic N) is 5. The first-order valence-corrected chi connectivity index (χ1v) is 7.25. The van der Waals surface area contributed by atoms with E-state index in [4.69, 9.17) is 5.73 Å². The van der Waals surface area contributed by atoms with E-state index >= 15 is 0 Å². The second-order valence-electron chi connectivity index (χ2n) is 5.46. The average Bonchev–Trinajstić information content (AvgIpc) is 2.92. The fourth-order valence-corrected chi connectivity index (χ4v) is 2.71. The van der Waals surface area contributed by atoms with Crippen LogP contribution in [0.4, 0.5) is 16.4 Å². The molecule has 0 unspecified atom stereocenters. The molecule has 2 aromatic rings. The fourth-order valence-electron chi connectivity index (χ4n) is 2.71. The Morgan fingerprint density at radius 1 is 1.50 bits per heavy atom. The third-order valence-corrected chi connectivity index (χ3v) is 3.78. The number of carbonyl (C=O) groups is 1. The summed E-state index contributed by atoms with van der Waals surface area (Å²) in [5.74, 6) is 0.466. The Morgan fingerprint density at radius 2 is 2.36 bits per heavy atom. The third kappa shape index (κ3) is 3.16. The number of urea groups is 1. The highest BCUT2D eigenvalue weighted by molar-refractivity contribution is 5.89. The molecule has 0 saturated carbocycles. The van der Waals surface area contributed by atoms with Crippen LogP contribution in [-0.4, -0.2) is 43.8 Å². The zero-order valence-electron chi connectivity index (χ0n) is 12.4. The summed E-state index contributed by atoms with van der Waals surface area (Å²) in [5, 5.41) is 6.90. The number of rotatable bonds is 2. The standard InChI is InChI=1S/C14H19N7O/c1-20-9-11(7-17-20)18-14(22)21-6-2-3-10(8-21)12-4-5-16-13(15)19-12/h4-5,7,9-10H,2-3,6,8H2,1H3,(H,18,22)(H2,15,16,19)/t10-/m1/s1. The highest BCUT2D eigenvalue weighted by Gasteiger charge is 2.26. The van der Waals surface area contributed by atoms with Gasteiger partial charge in [0.25, 0.3) is 0 Å². The number of nitrogens with one attached hydrogen (secondary N) is 1. The molecule has 3 N–H and O–H groups in total. The van der Waals surface area contributed by atoms with E-state index in [0.29, 0.717) is 12.2 Å². The summed E-state index contributed by atoms with van der Waals surface area (Å²) in [6.45, 7) is 1.37. The van der Waals surface area contributed by atoms with Gasteiger partial charge >= 0.3 is 6.03 Å². The van der Waals surface area contributed by atoms with Crippen molar-refractivity contribution in [1.82, 2.24) is 24.6 Å². The van der Waals surface area contributed by atoms with Crippen molar-refractivity contribution in [2.75, 3.05) is 24.1 Å². The number of hydrogen-bond acceptors (Lipinski definition) is 5. The van der Waals surface area contributed by atoms with E-state index in [-0.39, 0.29) is 17.9 Å². The van der Waals surface area contributed by atoms with Crippen molar-refractivity contribution in [2.24, 2.45) is 7.05 Å². The predicted octanol–water partition coefficient (Wildman–Crippen LogP) is 1.20. The number of nitrogens with two attached hydrogens (primary N) is 1. The summed E-state index contributed by atoms with van der Waals surface area (Å²) in [7, 11) is 1.81. The topological polar surface area (TPSA) is 102 Å². The van der Waals surface area contributed by atoms with Crippen LogP contribution in [-0.2, 0) is 7.05 Å². The maximum Gasteiger partial charge on any atom is 0.321 e. The van der Waals surface area contributed by atoms with Crippen LogP contribution in [0.15, 0.2) is 24.7 Å². The first-order chi connectivity index (χ1) is 10.6. The largest absolute Gasteiger partial charge is 0.368 e. The third-order valence-electron chi connectivity index (χ3n) is 3.78. The van der Waals surface area contributed by atoms with Crippen molar-refractivity contribution in [3.8, 4) is 0 Å². The molecule has 3 rings (SSSR count). The van der Waals surface area contributed by atoms with Gasteiger partial charge in [0, 0.05) is 38.4 Å². The Labute approximate surface area is 128 Å². The first kappa shape index (κ1) is 14.3. The van der Waals surface area contributed by atoms with Gasteiger partial charge in [-0.15, -0.1) is 0 Å². The lowest BCUT2D eigenvalue weighted by Crippen LogP contribution is -2.41. The Hall–Kier alpha value is -2.64. The molecular weight excluding hydrogens is 282 g/mol. The minimum atomic E-state index is -0.111. The molecule has 0 aliphatic carbocycles. The number of piperidine rings is 1. The monoisotopic (exact) mass is 301 g/mol. The zero-order chi connectivity index (χ0) is 15.5. The average molecular weight is 301 g/mol. The summed E-state index contributed by atoms with van der Waals surface area (Å²) in [4.78, 5) is 22.3. The van der Waals surface area contributed by atoms with Crippen molar-refractivity contribution in [1.29, 1.82) is 0 Å². The molecule has 1 aliphatic rings. The van der Waals surface area contributed by atoms with Gasteiger partial charge in [-0.1, -0.05) is 0 Å². The molecule has 1 atom stereocenters. The number of hydrogen-bond donors (Lipinski definition) is 2. The summed E-state index contributed by atoms with van der Waals surface area (Å²) < 4.78 is 1.65. The maximum absolute atomic E-state index is 12.3. The summed E-state index contributed by atoms with van der Waals surface area (Å²) in [6.07, 6.45) is 6.99. The van der Waals surface area contributed by atoms with Crippen molar-refractivity contribution in [3.63, 3.8) is 0 Å². The van der Waals surface area contributed by atoms with Crippen LogP contribution < -0.4 is 11.1 Å². The molecule has 22 heavy (non-hydrogen) atoms. The van der Waals surface area contributed by atoms with Crippen LogP contribution in [0.5, 0.6) is 0 Å². The fraction of sp³-hybridized carbons (Fsp3) is 0.429. The minimum absolute atomic E-state index is 0.111. The van der Waals surface area contributed by atoms with E-state index in [1.165, 1.54) is 0 Å². The second-order valence-corrected chi connectivity index (χ2v) is 5.46. The molecule has 2 aromatic heterocycles. The van der Waals surface area contributed by atoms with Crippen molar-refractivity contribution >= 4 is 17.7 Å². The smallest absolute Gasteiger partial charge is 0.321 e. The number of nitrogen functional groups attached to an aromatic ring is 1. The predicted molar refractivity (Wildman–Crippen MR) is 82.2 cm³/mol. The summed E-state index contributed by atoms with van der Waals surface area (Å²) >= 11 is 0. The van der Waals surface area contributed by atoms with Gasteiger partial charge < -0.3 is 16.0 Å². The second kappa shape index (κ2) is 6.00. The van der Waals surface area contributed by atoms with Gasteiger partial charge in [-0.05, 0) is 18.9 Å². The highest BCUT2D eigenvalue weighted by Crippen LogP contribution is 2.26. The number of likely N-dealkylation sites (tertiary alicyclic amines) is 1. The molecule has 2 amide bonds. The van der Waals surface area contributed by atoms with Gasteiger partial charge in [-0.3, -0.25) is 4.68 Å². The van der Waals surface area contributed by atoms with Crippen LogP contribution >= 0.6 is 0 Å². The molecule has 1 fully saturated rings. The van der Waals surface area contributed by atoms with Gasteiger partial charge in [-0.25, -0.2) is 14.8 Å². The van der Waals surface area contributed by atoms with Crippen LogP contribution in [0.1, 0.15) is 24.5 Å². The van der Waals surface area contributed by atoms with Crippen molar-refractivity contribution in [3.05, 3.63) is 30.4 Å². The summed E-state index contributed by atoms with van der Waals surface area (Å²) in [5.41, 5.74) is 7.23. The quantitative estimate of drug-likeness (QED) is 0.868. The normalized spacial score (nSPS) is 18.2.